The van der Waals surface area contributed by atoms with E-state index < -0.39 is 0 Å². The van der Waals surface area contributed by atoms with Crippen molar-refractivity contribution in [3.05, 3.63) is 46.3 Å². The second-order valence-electron chi connectivity index (χ2n) is 8.93. The minimum Gasteiger partial charge on any atom is -0.352 e. The quantitative estimate of drug-likeness (QED) is 0.580. The Hall–Kier alpha value is -2.78. The van der Waals surface area contributed by atoms with Crippen LogP contribution in [-0.4, -0.2) is 65.1 Å². The molecule has 0 atom stereocenters. The van der Waals surface area contributed by atoms with Crippen LogP contribution in [0.25, 0.3) is 10.2 Å². The molecule has 1 fully saturated rings. The lowest BCUT2D eigenvalue weighted by Crippen LogP contribution is -2.50. The Bertz CT molecular complexity index is 1190. The van der Waals surface area contributed by atoms with E-state index in [1.165, 1.54) is 28.0 Å². The van der Waals surface area contributed by atoms with Crippen molar-refractivity contribution in [1.82, 2.24) is 19.8 Å². The third kappa shape index (κ3) is 4.59. The first kappa shape index (κ1) is 23.0. The summed E-state index contributed by atoms with van der Waals surface area (Å²) in [7, 11) is 0. The van der Waals surface area contributed by atoms with Crippen molar-refractivity contribution in [2.75, 3.05) is 49.5 Å². The molecule has 1 saturated heterocycles. The number of nitrogens with zero attached hydrogens (tertiary/aromatic N) is 5. The van der Waals surface area contributed by atoms with Crippen molar-refractivity contribution in [1.29, 1.82) is 0 Å². The van der Waals surface area contributed by atoms with Crippen LogP contribution in [0, 0.1) is 5.82 Å². The average molecular weight is 483 g/mol. The summed E-state index contributed by atoms with van der Waals surface area (Å²) < 4.78 is 13.5. The van der Waals surface area contributed by atoms with Gasteiger partial charge in [-0.2, -0.15) is 0 Å². The molecule has 1 aromatic carbocycles. The van der Waals surface area contributed by atoms with Crippen molar-refractivity contribution in [2.45, 2.75) is 39.7 Å². The van der Waals surface area contributed by atoms with Crippen LogP contribution in [0.15, 0.2) is 24.3 Å². The zero-order chi connectivity index (χ0) is 23.7. The van der Waals surface area contributed by atoms with Gasteiger partial charge in [0, 0.05) is 56.3 Å². The van der Waals surface area contributed by atoms with E-state index in [4.69, 9.17) is 9.97 Å². The van der Waals surface area contributed by atoms with Crippen LogP contribution in [0.4, 0.5) is 20.7 Å². The van der Waals surface area contributed by atoms with Gasteiger partial charge in [-0.25, -0.2) is 19.2 Å². The van der Waals surface area contributed by atoms with Crippen LogP contribution in [-0.2, 0) is 19.4 Å². The van der Waals surface area contributed by atoms with Crippen LogP contribution < -0.4 is 10.2 Å². The first-order valence-electron chi connectivity index (χ1n) is 12.2. The van der Waals surface area contributed by atoms with E-state index in [1.54, 1.807) is 17.0 Å². The maximum absolute atomic E-state index is 13.5. The molecular weight excluding hydrogens is 451 g/mol. The molecule has 0 radical (unpaired) electrons. The number of likely N-dealkylation sites (N-methyl/N-ethyl adjacent to an activating group) is 1. The Balaban J connectivity index is 1.37. The molecule has 180 valence electrons. The van der Waals surface area contributed by atoms with Crippen molar-refractivity contribution >= 4 is 39.1 Å². The number of urea groups is 1. The predicted molar refractivity (Wildman–Crippen MR) is 135 cm³/mol. The van der Waals surface area contributed by atoms with Crippen LogP contribution in [0.2, 0.25) is 0 Å². The molecule has 0 spiro atoms. The van der Waals surface area contributed by atoms with Crippen LogP contribution in [0.5, 0.6) is 0 Å². The highest BCUT2D eigenvalue weighted by molar-refractivity contribution is 7.19. The Morgan fingerprint density at radius 1 is 1.15 bits per heavy atom. The largest absolute Gasteiger partial charge is 0.352 e. The summed E-state index contributed by atoms with van der Waals surface area (Å²) in [5.74, 6) is 1.57. The Kier molecular flexibility index (Phi) is 6.65. The van der Waals surface area contributed by atoms with Crippen molar-refractivity contribution < 1.29 is 9.18 Å². The number of hydrogen-bond donors (Lipinski definition) is 1. The second-order valence-corrected chi connectivity index (χ2v) is 10.0. The van der Waals surface area contributed by atoms with Gasteiger partial charge in [0.1, 0.15) is 22.3 Å². The second kappa shape index (κ2) is 9.84. The molecule has 2 aliphatic heterocycles. The molecule has 3 aromatic rings. The summed E-state index contributed by atoms with van der Waals surface area (Å²) in [6, 6.07) is 5.80. The third-order valence-corrected chi connectivity index (χ3v) is 7.78. The van der Waals surface area contributed by atoms with E-state index in [2.05, 4.69) is 29.0 Å². The number of halogens is 1. The van der Waals surface area contributed by atoms with Crippen LogP contribution in [0.1, 0.15) is 36.5 Å². The lowest BCUT2D eigenvalue weighted by atomic mass is 10.0. The number of thiophene rings is 1. The highest BCUT2D eigenvalue weighted by Crippen LogP contribution is 2.39. The molecule has 0 saturated carbocycles. The molecule has 0 bridgehead atoms. The topological polar surface area (TPSA) is 64.6 Å². The number of aryl methyl sites for hydroxylation is 1. The monoisotopic (exact) mass is 482 g/mol. The zero-order valence-corrected chi connectivity index (χ0v) is 20.6. The Morgan fingerprint density at radius 3 is 2.71 bits per heavy atom. The number of aromatic nitrogens is 2. The maximum Gasteiger partial charge on any atom is 0.321 e. The molecule has 1 N–H and O–H groups in total. The van der Waals surface area contributed by atoms with Gasteiger partial charge in [0.25, 0.3) is 0 Å². The summed E-state index contributed by atoms with van der Waals surface area (Å²) >= 11 is 1.82. The van der Waals surface area contributed by atoms with Gasteiger partial charge in [-0.05, 0) is 43.1 Å². The number of amides is 2. The summed E-state index contributed by atoms with van der Waals surface area (Å²) in [5.41, 5.74) is 1.88. The van der Waals surface area contributed by atoms with Gasteiger partial charge in [0.2, 0.25) is 0 Å². The number of carbonyl (C=O) groups excluding carboxylic acids is 1. The standard InChI is InChI=1S/C25H31FN6OS/c1-3-6-21-28-23(22-19-9-10-30(4-2)16-20(19)34-24(22)29-21)31-11-13-32(14-12-31)25(33)27-18-8-5-7-17(26)15-18/h5,7-8,15H,3-4,6,9-14,16H2,1-2H3,(H,27,33). The molecule has 2 amide bonds. The minimum atomic E-state index is -0.362. The molecule has 34 heavy (non-hydrogen) atoms. The fraction of sp³-hybridized carbons (Fsp3) is 0.480. The fourth-order valence-corrected chi connectivity index (χ4v) is 6.07. The lowest BCUT2D eigenvalue weighted by Gasteiger charge is -2.36. The number of piperazine rings is 1. The summed E-state index contributed by atoms with van der Waals surface area (Å²) in [5, 5.41) is 4.02. The van der Waals surface area contributed by atoms with Crippen molar-refractivity contribution in [3.63, 3.8) is 0 Å². The first-order chi connectivity index (χ1) is 16.6. The minimum absolute atomic E-state index is 0.197. The number of nitrogens with one attached hydrogen (secondary N) is 1. The van der Waals surface area contributed by atoms with E-state index in [1.807, 2.05) is 11.3 Å². The fourth-order valence-electron chi connectivity index (χ4n) is 4.80. The van der Waals surface area contributed by atoms with Crippen molar-refractivity contribution in [3.8, 4) is 0 Å². The normalized spacial score (nSPS) is 16.7. The number of benzene rings is 1. The van der Waals surface area contributed by atoms with Gasteiger partial charge >= 0.3 is 6.03 Å². The van der Waals surface area contributed by atoms with Gasteiger partial charge in [0.05, 0.1) is 5.39 Å². The molecule has 2 aliphatic rings. The van der Waals surface area contributed by atoms with Gasteiger partial charge in [0.15, 0.2) is 0 Å². The van der Waals surface area contributed by atoms with E-state index in [0.717, 1.165) is 55.4 Å². The SMILES string of the molecule is CCCc1nc(N2CCN(C(=O)Nc3cccc(F)c3)CC2)c2c3c(sc2n1)CN(CC)CC3. The van der Waals surface area contributed by atoms with Gasteiger partial charge in [-0.15, -0.1) is 11.3 Å². The van der Waals surface area contributed by atoms with Gasteiger partial charge < -0.3 is 15.1 Å². The van der Waals surface area contributed by atoms with Crippen molar-refractivity contribution in [2.24, 2.45) is 0 Å². The predicted octanol–water partition coefficient (Wildman–Crippen LogP) is 4.52. The number of rotatable bonds is 5. The van der Waals surface area contributed by atoms with Crippen LogP contribution in [0.3, 0.4) is 0 Å². The lowest BCUT2D eigenvalue weighted by molar-refractivity contribution is 0.208. The summed E-state index contributed by atoms with van der Waals surface area (Å²) in [6.07, 6.45) is 2.90. The molecular formula is C25H31FN6OS. The van der Waals surface area contributed by atoms with E-state index in [-0.39, 0.29) is 11.8 Å². The summed E-state index contributed by atoms with van der Waals surface area (Å²) in [4.78, 5) is 31.8. The Labute approximate surface area is 203 Å². The van der Waals surface area contributed by atoms with Gasteiger partial charge in [-0.3, -0.25) is 4.90 Å². The molecule has 5 rings (SSSR count). The Morgan fingerprint density at radius 2 is 1.97 bits per heavy atom. The zero-order valence-electron chi connectivity index (χ0n) is 19.8. The molecule has 4 heterocycles. The third-order valence-electron chi connectivity index (χ3n) is 6.67. The average Bonchev–Trinajstić information content (AvgIpc) is 3.21. The molecule has 0 aliphatic carbocycles. The van der Waals surface area contributed by atoms with E-state index >= 15 is 0 Å². The van der Waals surface area contributed by atoms with Crippen LogP contribution >= 0.6 is 11.3 Å². The summed E-state index contributed by atoms with van der Waals surface area (Å²) in [6.45, 7) is 10.1. The number of fused-ring (bicyclic) bond motifs is 3. The molecule has 2 aromatic heterocycles. The number of carbonyl (C=O) groups is 1. The maximum atomic E-state index is 13.5. The van der Waals surface area contributed by atoms with Gasteiger partial charge in [-0.1, -0.05) is 19.9 Å². The number of anilines is 2. The van der Waals surface area contributed by atoms with E-state index in [0.29, 0.717) is 31.9 Å². The van der Waals surface area contributed by atoms with E-state index in [9.17, 15) is 9.18 Å². The molecule has 9 heteroatoms. The first-order valence-corrected chi connectivity index (χ1v) is 13.0. The highest BCUT2D eigenvalue weighted by Gasteiger charge is 2.28. The highest BCUT2D eigenvalue weighted by atomic mass is 32.1. The smallest absolute Gasteiger partial charge is 0.321 e. The number of hydrogen-bond acceptors (Lipinski definition) is 6. The molecule has 0 unspecified atom stereocenters. The molecule has 7 nitrogen and oxygen atoms in total.